The molecule has 1 aliphatic carbocycles. The predicted molar refractivity (Wildman–Crippen MR) is 70.3 cm³/mol. The van der Waals surface area contributed by atoms with Gasteiger partial charge in [0.15, 0.2) is 0 Å². The molecule has 0 fully saturated rings. The fourth-order valence-electron chi connectivity index (χ4n) is 2.00. The highest BCUT2D eigenvalue weighted by Gasteiger charge is 2.23. The number of allylic oxidation sites excluding steroid dienone is 2. The van der Waals surface area contributed by atoms with Crippen molar-refractivity contribution in [2.45, 2.75) is 43.2 Å². The van der Waals surface area contributed by atoms with E-state index in [0.717, 1.165) is 12.1 Å². The molecule has 0 aliphatic heterocycles. The van der Waals surface area contributed by atoms with Gasteiger partial charge in [-0.05, 0) is 33.2 Å². The highest BCUT2D eigenvalue weighted by molar-refractivity contribution is 9.09. The Morgan fingerprint density at radius 2 is 2.44 bits per heavy atom. The summed E-state index contributed by atoms with van der Waals surface area (Å²) in [6.07, 6.45) is 5.33. The molecule has 2 nitrogen and oxygen atoms in total. The van der Waals surface area contributed by atoms with Crippen LogP contribution in [0.5, 0.6) is 0 Å². The number of likely N-dealkylation sites (N-methyl/N-ethyl adjacent to an activating group) is 1. The van der Waals surface area contributed by atoms with Crippen molar-refractivity contribution in [3.63, 3.8) is 0 Å². The summed E-state index contributed by atoms with van der Waals surface area (Å²) in [5, 5.41) is 3.25. The quantitative estimate of drug-likeness (QED) is 0.617. The Balaban J connectivity index is 2.71. The largest absolute Gasteiger partial charge is 0.402 e. The molecular formula is C12H20BrFN2. The lowest BCUT2D eigenvalue weighted by Crippen LogP contribution is -2.36. The second-order valence-electron chi connectivity index (χ2n) is 4.27. The minimum Gasteiger partial charge on any atom is -0.402 e. The van der Waals surface area contributed by atoms with Gasteiger partial charge in [0.1, 0.15) is 6.17 Å². The van der Waals surface area contributed by atoms with Gasteiger partial charge in [0.05, 0.1) is 4.83 Å². The molecule has 0 aromatic carbocycles. The number of rotatable bonds is 4. The number of alkyl halides is 2. The summed E-state index contributed by atoms with van der Waals surface area (Å²) in [5.74, 6) is 0. The third kappa shape index (κ3) is 3.91. The SMILES string of the molecule is CNC(C1=CC[C@H](F)CC1)C(Br)/C=C(\C)N. The normalized spacial score (nSPS) is 26.1. The van der Waals surface area contributed by atoms with E-state index < -0.39 is 6.17 Å². The zero-order valence-electron chi connectivity index (χ0n) is 9.84. The van der Waals surface area contributed by atoms with Crippen molar-refractivity contribution in [3.05, 3.63) is 23.4 Å². The lowest BCUT2D eigenvalue weighted by atomic mass is 9.91. The van der Waals surface area contributed by atoms with Gasteiger partial charge in [-0.15, -0.1) is 0 Å². The third-order valence-electron chi connectivity index (χ3n) is 2.83. The molecule has 0 heterocycles. The Labute approximate surface area is 105 Å². The Morgan fingerprint density at radius 3 is 2.88 bits per heavy atom. The summed E-state index contributed by atoms with van der Waals surface area (Å²) in [4.78, 5) is 0.157. The van der Waals surface area contributed by atoms with Crippen molar-refractivity contribution >= 4 is 15.9 Å². The molecule has 1 rings (SSSR count). The molecule has 92 valence electrons. The van der Waals surface area contributed by atoms with Gasteiger partial charge in [-0.25, -0.2) is 4.39 Å². The molecule has 0 saturated carbocycles. The van der Waals surface area contributed by atoms with E-state index in [2.05, 4.69) is 21.2 Å². The van der Waals surface area contributed by atoms with Crippen molar-refractivity contribution in [1.29, 1.82) is 0 Å². The van der Waals surface area contributed by atoms with Gasteiger partial charge in [-0.2, -0.15) is 0 Å². The number of nitrogens with two attached hydrogens (primary N) is 1. The first-order valence-electron chi connectivity index (χ1n) is 5.62. The van der Waals surface area contributed by atoms with E-state index in [-0.39, 0.29) is 10.9 Å². The molecule has 0 amide bonds. The highest BCUT2D eigenvalue weighted by atomic mass is 79.9. The van der Waals surface area contributed by atoms with E-state index in [1.807, 2.05) is 26.1 Å². The van der Waals surface area contributed by atoms with E-state index in [1.54, 1.807) is 0 Å². The van der Waals surface area contributed by atoms with Crippen LogP contribution in [0.15, 0.2) is 23.4 Å². The first-order chi connectivity index (χ1) is 7.54. The second-order valence-corrected chi connectivity index (χ2v) is 5.33. The summed E-state index contributed by atoms with van der Waals surface area (Å²) >= 11 is 3.60. The molecule has 0 radical (unpaired) electrons. The molecule has 0 aromatic rings. The summed E-state index contributed by atoms with van der Waals surface area (Å²) < 4.78 is 13.0. The average molecular weight is 291 g/mol. The van der Waals surface area contributed by atoms with Gasteiger partial charge < -0.3 is 11.1 Å². The Kier molecular flexibility index (Phi) is 5.49. The van der Waals surface area contributed by atoms with Gasteiger partial charge in [0.2, 0.25) is 0 Å². The fourth-order valence-corrected chi connectivity index (χ4v) is 3.02. The van der Waals surface area contributed by atoms with Gasteiger partial charge in [-0.1, -0.05) is 33.7 Å². The van der Waals surface area contributed by atoms with Crippen LogP contribution in [0, 0.1) is 0 Å². The molecular weight excluding hydrogens is 271 g/mol. The number of hydrogen-bond donors (Lipinski definition) is 2. The fraction of sp³-hybridized carbons (Fsp3) is 0.667. The molecule has 16 heavy (non-hydrogen) atoms. The van der Waals surface area contributed by atoms with Crippen LogP contribution in [0.4, 0.5) is 4.39 Å². The predicted octanol–water partition coefficient (Wildman–Crippen LogP) is 2.65. The molecule has 0 saturated heterocycles. The third-order valence-corrected chi connectivity index (χ3v) is 3.63. The molecule has 0 spiro atoms. The highest BCUT2D eigenvalue weighted by Crippen LogP contribution is 2.26. The maximum atomic E-state index is 13.0. The molecule has 0 aromatic heterocycles. The van der Waals surface area contributed by atoms with E-state index in [4.69, 9.17) is 5.73 Å². The van der Waals surface area contributed by atoms with Crippen molar-refractivity contribution in [2.75, 3.05) is 7.05 Å². The zero-order chi connectivity index (χ0) is 12.1. The van der Waals surface area contributed by atoms with E-state index >= 15 is 0 Å². The maximum absolute atomic E-state index is 13.0. The number of hydrogen-bond acceptors (Lipinski definition) is 2. The van der Waals surface area contributed by atoms with Crippen LogP contribution in [0.25, 0.3) is 0 Å². The monoisotopic (exact) mass is 290 g/mol. The molecule has 3 atom stereocenters. The van der Waals surface area contributed by atoms with Crippen molar-refractivity contribution in [2.24, 2.45) is 5.73 Å². The zero-order valence-corrected chi connectivity index (χ0v) is 11.4. The van der Waals surface area contributed by atoms with Crippen LogP contribution in [0.2, 0.25) is 0 Å². The Morgan fingerprint density at radius 1 is 1.75 bits per heavy atom. The smallest absolute Gasteiger partial charge is 0.104 e. The lowest BCUT2D eigenvalue weighted by Gasteiger charge is -2.26. The molecule has 4 heteroatoms. The van der Waals surface area contributed by atoms with Crippen LogP contribution < -0.4 is 11.1 Å². The minimum atomic E-state index is -0.665. The van der Waals surface area contributed by atoms with Crippen molar-refractivity contribution in [3.8, 4) is 0 Å². The average Bonchev–Trinajstić information content (AvgIpc) is 2.21. The second kappa shape index (κ2) is 6.40. The number of nitrogens with one attached hydrogen (secondary N) is 1. The standard InChI is InChI=1S/C12H20BrFN2/c1-8(15)7-11(13)12(16-2)9-3-5-10(14)6-4-9/h3,7,10-12,16H,4-6,15H2,1-2H3/b8-7+/t10-,11?,12?/m0/s1. The van der Waals surface area contributed by atoms with Gasteiger partial charge in [-0.3, -0.25) is 0 Å². The van der Waals surface area contributed by atoms with Crippen LogP contribution in [0.1, 0.15) is 26.2 Å². The number of halogens is 2. The molecule has 0 bridgehead atoms. The van der Waals surface area contributed by atoms with Gasteiger partial charge >= 0.3 is 0 Å². The van der Waals surface area contributed by atoms with Crippen LogP contribution in [-0.4, -0.2) is 24.1 Å². The summed E-state index contributed by atoms with van der Waals surface area (Å²) in [6, 6.07) is 0.200. The first kappa shape index (κ1) is 13.7. The van der Waals surface area contributed by atoms with E-state index in [1.165, 1.54) is 5.57 Å². The minimum absolute atomic E-state index is 0.157. The van der Waals surface area contributed by atoms with Crippen molar-refractivity contribution in [1.82, 2.24) is 5.32 Å². The Hall–Kier alpha value is -0.350. The Bertz CT molecular complexity index is 285. The molecule has 3 N–H and O–H groups in total. The van der Waals surface area contributed by atoms with E-state index in [0.29, 0.717) is 12.8 Å². The van der Waals surface area contributed by atoms with E-state index in [9.17, 15) is 4.39 Å². The van der Waals surface area contributed by atoms with Crippen LogP contribution in [-0.2, 0) is 0 Å². The van der Waals surface area contributed by atoms with Crippen LogP contribution in [0.3, 0.4) is 0 Å². The van der Waals surface area contributed by atoms with Gasteiger partial charge in [0, 0.05) is 11.7 Å². The van der Waals surface area contributed by atoms with Crippen molar-refractivity contribution < 1.29 is 4.39 Å². The molecule has 2 unspecified atom stereocenters. The van der Waals surface area contributed by atoms with Gasteiger partial charge in [0.25, 0.3) is 0 Å². The van der Waals surface area contributed by atoms with Crippen LogP contribution >= 0.6 is 15.9 Å². The lowest BCUT2D eigenvalue weighted by molar-refractivity contribution is 0.303. The first-order valence-corrected chi connectivity index (χ1v) is 6.54. The summed E-state index contributed by atoms with van der Waals surface area (Å²) in [5.41, 5.74) is 7.73. The molecule has 1 aliphatic rings. The topological polar surface area (TPSA) is 38.0 Å². The summed E-state index contributed by atoms with van der Waals surface area (Å²) in [7, 11) is 1.92. The maximum Gasteiger partial charge on any atom is 0.104 e. The summed E-state index contributed by atoms with van der Waals surface area (Å²) in [6.45, 7) is 1.87.